The van der Waals surface area contributed by atoms with E-state index in [1.807, 2.05) is 42.5 Å². The Bertz CT molecular complexity index is 1410. The molecule has 3 N–H and O–H groups in total. The first-order valence-corrected chi connectivity index (χ1v) is 11.0. The monoisotopic (exact) mass is 480 g/mol. The van der Waals surface area contributed by atoms with Crippen molar-refractivity contribution in [2.75, 3.05) is 12.3 Å². The van der Waals surface area contributed by atoms with Gasteiger partial charge >= 0.3 is 11.7 Å². The number of Topliss-reactive ketones (excluding diaryl/α,β-unsaturated/α-hetero) is 1. The molecule has 1 aromatic heterocycles. The summed E-state index contributed by atoms with van der Waals surface area (Å²) < 4.78 is 6.83. The Morgan fingerprint density at radius 3 is 2.34 bits per heavy atom. The molecular formula is C25H28N4O6. The van der Waals surface area contributed by atoms with Crippen LogP contribution in [-0.2, 0) is 34.8 Å². The van der Waals surface area contributed by atoms with Gasteiger partial charge in [-0.05, 0) is 22.3 Å². The Morgan fingerprint density at radius 2 is 1.66 bits per heavy atom. The SMILES string of the molecule is CC(C)[C@H](NC(=O)Cc1cccc2ccccc12)C(=O)OCC(=O)c1c(N)n(C)c(=O)n(C)c1=O. The van der Waals surface area contributed by atoms with Crippen LogP contribution in [0.4, 0.5) is 5.82 Å². The van der Waals surface area contributed by atoms with Crippen LogP contribution in [0.25, 0.3) is 10.8 Å². The van der Waals surface area contributed by atoms with Gasteiger partial charge in [-0.1, -0.05) is 56.3 Å². The van der Waals surface area contributed by atoms with Crippen LogP contribution in [-0.4, -0.2) is 39.4 Å². The second-order valence-electron chi connectivity index (χ2n) is 8.60. The summed E-state index contributed by atoms with van der Waals surface area (Å²) in [5, 5.41) is 4.62. The molecule has 2 aromatic carbocycles. The first kappa shape index (κ1) is 25.4. The van der Waals surface area contributed by atoms with Crippen LogP contribution in [0.1, 0.15) is 29.8 Å². The van der Waals surface area contributed by atoms with Gasteiger partial charge < -0.3 is 15.8 Å². The predicted molar refractivity (Wildman–Crippen MR) is 131 cm³/mol. The Labute approximate surface area is 201 Å². The van der Waals surface area contributed by atoms with Gasteiger partial charge in [-0.2, -0.15) is 0 Å². The lowest BCUT2D eigenvalue weighted by atomic mass is 10.0. The summed E-state index contributed by atoms with van der Waals surface area (Å²) in [6, 6.07) is 12.3. The number of ketones is 1. The first-order valence-electron chi connectivity index (χ1n) is 11.0. The molecule has 0 aliphatic rings. The molecule has 0 spiro atoms. The molecule has 10 nitrogen and oxygen atoms in total. The summed E-state index contributed by atoms with van der Waals surface area (Å²) in [5.74, 6) is -2.69. The van der Waals surface area contributed by atoms with Crippen molar-refractivity contribution in [1.29, 1.82) is 0 Å². The number of carbonyl (C=O) groups excluding carboxylic acids is 3. The number of nitrogen functional groups attached to an aromatic ring is 1. The van der Waals surface area contributed by atoms with E-state index in [1.165, 1.54) is 14.1 Å². The van der Waals surface area contributed by atoms with E-state index in [4.69, 9.17) is 10.5 Å². The average molecular weight is 481 g/mol. The third kappa shape index (κ3) is 5.32. The van der Waals surface area contributed by atoms with E-state index in [1.54, 1.807) is 13.8 Å². The number of rotatable bonds is 8. The van der Waals surface area contributed by atoms with Crippen LogP contribution in [0.5, 0.6) is 0 Å². The van der Waals surface area contributed by atoms with E-state index in [9.17, 15) is 24.0 Å². The highest BCUT2D eigenvalue weighted by molar-refractivity contribution is 6.01. The Kier molecular flexibility index (Phi) is 7.53. The van der Waals surface area contributed by atoms with Crippen molar-refractivity contribution in [3.63, 3.8) is 0 Å². The molecule has 3 rings (SSSR count). The maximum atomic E-state index is 12.8. The quantitative estimate of drug-likeness (QED) is 0.361. The minimum atomic E-state index is -1.01. The van der Waals surface area contributed by atoms with Crippen molar-refractivity contribution < 1.29 is 19.1 Å². The molecule has 35 heavy (non-hydrogen) atoms. The minimum absolute atomic E-state index is 0.0569. The van der Waals surface area contributed by atoms with Crippen molar-refractivity contribution in [2.24, 2.45) is 20.0 Å². The zero-order chi connectivity index (χ0) is 25.9. The molecule has 1 amide bonds. The Hall–Kier alpha value is -4.21. The number of aromatic nitrogens is 2. The van der Waals surface area contributed by atoms with E-state index in [0.29, 0.717) is 0 Å². The molecule has 0 unspecified atom stereocenters. The smallest absolute Gasteiger partial charge is 0.332 e. The maximum absolute atomic E-state index is 12.8. The molecule has 0 radical (unpaired) electrons. The molecule has 10 heteroatoms. The van der Waals surface area contributed by atoms with Gasteiger partial charge in [-0.15, -0.1) is 0 Å². The van der Waals surface area contributed by atoms with Crippen LogP contribution in [0.3, 0.4) is 0 Å². The lowest BCUT2D eigenvalue weighted by molar-refractivity contribution is -0.148. The minimum Gasteiger partial charge on any atom is -0.456 e. The highest BCUT2D eigenvalue weighted by Crippen LogP contribution is 2.19. The second-order valence-corrected chi connectivity index (χ2v) is 8.60. The maximum Gasteiger partial charge on any atom is 0.332 e. The van der Waals surface area contributed by atoms with Gasteiger partial charge in [0.15, 0.2) is 6.61 Å². The third-order valence-electron chi connectivity index (χ3n) is 5.80. The summed E-state index contributed by atoms with van der Waals surface area (Å²) in [4.78, 5) is 62.4. The van der Waals surface area contributed by atoms with E-state index in [0.717, 1.165) is 25.5 Å². The van der Waals surface area contributed by atoms with Crippen LogP contribution in [0, 0.1) is 5.92 Å². The van der Waals surface area contributed by atoms with E-state index < -0.39 is 41.2 Å². The molecule has 1 heterocycles. The largest absolute Gasteiger partial charge is 0.456 e. The highest BCUT2D eigenvalue weighted by Gasteiger charge is 2.28. The number of nitrogens with one attached hydrogen (secondary N) is 1. The number of esters is 1. The van der Waals surface area contributed by atoms with Crippen LogP contribution in [0.15, 0.2) is 52.1 Å². The van der Waals surface area contributed by atoms with Crippen molar-refractivity contribution in [3.8, 4) is 0 Å². The molecule has 3 aromatic rings. The van der Waals surface area contributed by atoms with Gasteiger partial charge in [0.2, 0.25) is 11.7 Å². The number of benzene rings is 2. The lowest BCUT2D eigenvalue weighted by Crippen LogP contribution is -2.46. The number of carbonyl (C=O) groups is 3. The standard InChI is InChI=1S/C25H28N4O6/c1-14(2)21(27-19(31)12-16-10-7-9-15-8-5-6-11-17(15)16)24(33)35-13-18(30)20-22(26)28(3)25(34)29(4)23(20)32/h5-11,14,21H,12-13,26H2,1-4H3,(H,27,31)/t21-/m0/s1. The van der Waals surface area contributed by atoms with Crippen LogP contribution >= 0.6 is 0 Å². The van der Waals surface area contributed by atoms with Gasteiger partial charge in [0.1, 0.15) is 17.4 Å². The van der Waals surface area contributed by atoms with Gasteiger partial charge in [-0.3, -0.25) is 23.5 Å². The third-order valence-corrected chi connectivity index (χ3v) is 5.80. The number of nitrogens with zero attached hydrogens (tertiary/aromatic N) is 2. The number of nitrogens with two attached hydrogens (primary N) is 1. The Morgan fingerprint density at radius 1 is 1.00 bits per heavy atom. The number of ether oxygens (including phenoxy) is 1. The molecule has 0 saturated heterocycles. The molecule has 0 aliphatic heterocycles. The average Bonchev–Trinajstić information content (AvgIpc) is 2.83. The first-order chi connectivity index (χ1) is 16.5. The zero-order valence-electron chi connectivity index (χ0n) is 20.0. The van der Waals surface area contributed by atoms with Crippen molar-refractivity contribution in [2.45, 2.75) is 26.3 Å². The van der Waals surface area contributed by atoms with Crippen molar-refractivity contribution in [1.82, 2.24) is 14.5 Å². The number of fused-ring (bicyclic) bond motifs is 1. The van der Waals surface area contributed by atoms with Crippen LogP contribution in [0.2, 0.25) is 0 Å². The van der Waals surface area contributed by atoms with Gasteiger partial charge in [0.25, 0.3) is 5.56 Å². The van der Waals surface area contributed by atoms with E-state index >= 15 is 0 Å². The fraction of sp³-hybridized carbons (Fsp3) is 0.320. The Balaban J connectivity index is 1.70. The fourth-order valence-corrected chi connectivity index (χ4v) is 3.76. The van der Waals surface area contributed by atoms with Crippen LogP contribution < -0.4 is 22.3 Å². The van der Waals surface area contributed by atoms with Crippen molar-refractivity contribution >= 4 is 34.3 Å². The summed E-state index contributed by atoms with van der Waals surface area (Å²) in [6.07, 6.45) is 0.0569. The molecule has 184 valence electrons. The number of hydrogen-bond acceptors (Lipinski definition) is 7. The van der Waals surface area contributed by atoms with E-state index in [2.05, 4.69) is 5.32 Å². The van der Waals surface area contributed by atoms with Gasteiger partial charge in [-0.25, -0.2) is 9.59 Å². The molecule has 0 bridgehead atoms. The lowest BCUT2D eigenvalue weighted by Gasteiger charge is -2.21. The van der Waals surface area contributed by atoms with E-state index in [-0.39, 0.29) is 24.1 Å². The predicted octanol–water partition coefficient (Wildman–Crippen LogP) is 0.929. The summed E-state index contributed by atoms with van der Waals surface area (Å²) in [5.41, 5.74) is 4.59. The molecule has 0 aliphatic carbocycles. The number of hydrogen-bond donors (Lipinski definition) is 2. The molecule has 0 saturated carbocycles. The molecule has 0 fully saturated rings. The zero-order valence-corrected chi connectivity index (χ0v) is 20.0. The molecular weight excluding hydrogens is 452 g/mol. The summed E-state index contributed by atoms with van der Waals surface area (Å²) >= 11 is 0. The topological polar surface area (TPSA) is 142 Å². The second kappa shape index (κ2) is 10.4. The van der Waals surface area contributed by atoms with Crippen molar-refractivity contribution in [3.05, 3.63) is 74.4 Å². The fourth-order valence-electron chi connectivity index (χ4n) is 3.76. The molecule has 1 atom stereocenters. The summed E-state index contributed by atoms with van der Waals surface area (Å²) in [7, 11) is 2.54. The number of amides is 1. The number of anilines is 1. The normalized spacial score (nSPS) is 11.9. The summed E-state index contributed by atoms with van der Waals surface area (Å²) in [6.45, 7) is 2.69. The van der Waals surface area contributed by atoms with Gasteiger partial charge in [0.05, 0.1) is 6.42 Å². The highest BCUT2D eigenvalue weighted by atomic mass is 16.5. The van der Waals surface area contributed by atoms with Gasteiger partial charge in [0, 0.05) is 14.1 Å².